The molecule has 0 bridgehead atoms. The third-order valence-corrected chi connectivity index (χ3v) is 4.71. The molecule has 0 rings (SSSR count). The molecular formula is C24H50Na4. The van der Waals surface area contributed by atoms with E-state index in [2.05, 4.69) is 27.7 Å². The van der Waals surface area contributed by atoms with Crippen LogP contribution in [0.4, 0.5) is 0 Å². The molecule has 0 aromatic rings. The molecule has 0 spiro atoms. The Morgan fingerprint density at radius 3 is 0.714 bits per heavy atom. The van der Waals surface area contributed by atoms with Crippen molar-refractivity contribution >= 4 is 59.1 Å². The molecule has 0 aliphatic heterocycles. The van der Waals surface area contributed by atoms with Crippen LogP contribution >= 0.6 is 0 Å². The molecule has 2 radical (unpaired) electrons. The van der Waals surface area contributed by atoms with Gasteiger partial charge in [-0.25, -0.2) is 0 Å². The van der Waals surface area contributed by atoms with Gasteiger partial charge in [-0.1, -0.05) is 129 Å². The zero-order valence-corrected chi connectivity index (χ0v) is 29.6. The quantitative estimate of drug-likeness (QED) is 0.178. The summed E-state index contributed by atoms with van der Waals surface area (Å²) in [5.41, 5.74) is 0. The number of unbranched alkanes of at least 4 members (excludes halogenated alkanes) is 18. The molecule has 28 heavy (non-hydrogen) atoms. The van der Waals surface area contributed by atoms with Gasteiger partial charge in [-0.3, -0.25) is 0 Å². The molecule has 0 aromatic heterocycles. The van der Waals surface area contributed by atoms with Crippen LogP contribution in [-0.2, 0) is 0 Å². The molecule has 0 unspecified atom stereocenters. The Hall–Kier alpha value is 4.00. The van der Waals surface area contributed by atoms with E-state index >= 15 is 0 Å². The third-order valence-electron chi connectivity index (χ3n) is 4.71. The number of hydrogen-bond donors (Lipinski definition) is 0. The van der Waals surface area contributed by atoms with Crippen LogP contribution in [0.2, 0.25) is 0 Å². The normalized spacial score (nSPS) is 9.00. The molecule has 0 N–H and O–H groups in total. The van der Waals surface area contributed by atoms with Crippen LogP contribution in [0.1, 0.15) is 142 Å². The molecular weight excluding hydrogens is 380 g/mol. The van der Waals surface area contributed by atoms with Crippen LogP contribution in [-0.4, -0.2) is 59.1 Å². The molecule has 0 heterocycles. The predicted molar refractivity (Wildman–Crippen MR) is 126 cm³/mol. The zero-order chi connectivity index (χ0) is 18.1. The van der Waals surface area contributed by atoms with E-state index in [9.17, 15) is 0 Å². The second kappa shape index (κ2) is 48.4. The first kappa shape index (κ1) is 45.5. The van der Waals surface area contributed by atoms with Crippen LogP contribution in [0, 0.1) is 13.8 Å². The van der Waals surface area contributed by atoms with Crippen molar-refractivity contribution < 1.29 is 59.1 Å². The maximum Gasteiger partial charge on any atom is 1.00 e. The minimum Gasteiger partial charge on any atom is -0.343 e. The number of rotatable bonds is 18. The van der Waals surface area contributed by atoms with Gasteiger partial charge in [-0.05, 0) is 0 Å². The summed E-state index contributed by atoms with van der Waals surface area (Å²) in [5, 5.41) is 0. The van der Waals surface area contributed by atoms with E-state index in [-0.39, 0.29) is 118 Å². The molecule has 0 aromatic carbocycles. The average Bonchev–Trinajstić information content (AvgIpc) is 2.60. The van der Waals surface area contributed by atoms with Crippen molar-refractivity contribution in [2.24, 2.45) is 0 Å². The van der Waals surface area contributed by atoms with Crippen LogP contribution < -0.4 is 59.1 Å². The second-order valence-electron chi connectivity index (χ2n) is 7.36. The monoisotopic (exact) mass is 430 g/mol. The Bertz CT molecular complexity index is 149. The molecule has 0 saturated heterocycles. The van der Waals surface area contributed by atoms with E-state index in [1.165, 1.54) is 116 Å². The van der Waals surface area contributed by atoms with Crippen LogP contribution in [0.25, 0.3) is 0 Å². The molecule has 0 fully saturated rings. The van der Waals surface area contributed by atoms with Crippen molar-refractivity contribution in [2.45, 2.75) is 142 Å². The third kappa shape index (κ3) is 52.1. The second-order valence-corrected chi connectivity index (χ2v) is 7.36. The van der Waals surface area contributed by atoms with Crippen LogP contribution in [0.3, 0.4) is 0 Å². The fourth-order valence-corrected chi connectivity index (χ4v) is 2.97. The first-order valence-electron chi connectivity index (χ1n) is 11.4. The summed E-state index contributed by atoms with van der Waals surface area (Å²) in [6, 6.07) is 0. The van der Waals surface area contributed by atoms with Crippen LogP contribution in [0.15, 0.2) is 0 Å². The summed E-state index contributed by atoms with van der Waals surface area (Å²) in [5.74, 6) is 0. The van der Waals surface area contributed by atoms with E-state index in [4.69, 9.17) is 0 Å². The van der Waals surface area contributed by atoms with Gasteiger partial charge in [-0.15, -0.1) is 0 Å². The van der Waals surface area contributed by atoms with Gasteiger partial charge in [0, 0.05) is 59.1 Å². The maximum atomic E-state index is 3.84. The Morgan fingerprint density at radius 2 is 0.536 bits per heavy atom. The molecule has 0 amide bonds. The first-order valence-corrected chi connectivity index (χ1v) is 11.4. The van der Waals surface area contributed by atoms with Crippen molar-refractivity contribution in [3.8, 4) is 0 Å². The summed E-state index contributed by atoms with van der Waals surface area (Å²) in [6.07, 6.45) is 27.8. The molecule has 150 valence electrons. The Labute approximate surface area is 270 Å². The van der Waals surface area contributed by atoms with Gasteiger partial charge in [0.2, 0.25) is 0 Å². The van der Waals surface area contributed by atoms with E-state index in [1.54, 1.807) is 0 Å². The molecule has 0 atom stereocenters. The van der Waals surface area contributed by atoms with Gasteiger partial charge in [0.25, 0.3) is 0 Å². The smallest absolute Gasteiger partial charge is 0.343 e. The van der Waals surface area contributed by atoms with Gasteiger partial charge >= 0.3 is 59.1 Å². The summed E-state index contributed by atoms with van der Waals surface area (Å²) < 4.78 is 0. The Kier molecular flexibility index (Phi) is 78.7. The summed E-state index contributed by atoms with van der Waals surface area (Å²) in [6.45, 7) is 12.2. The predicted octanol–water partition coefficient (Wildman–Crippen LogP) is 2.73. The average molecular weight is 431 g/mol. The van der Waals surface area contributed by atoms with Gasteiger partial charge < -0.3 is 13.8 Å². The Balaban J connectivity index is -0.0000000756. The van der Waals surface area contributed by atoms with E-state index in [1.807, 2.05) is 0 Å². The molecule has 0 saturated carbocycles. The fourth-order valence-electron chi connectivity index (χ4n) is 2.97. The molecule has 0 nitrogen and oxygen atoms in total. The molecule has 0 aliphatic carbocycles. The minimum atomic E-state index is 0. The van der Waals surface area contributed by atoms with E-state index < -0.39 is 0 Å². The summed E-state index contributed by atoms with van der Waals surface area (Å²) >= 11 is 0. The van der Waals surface area contributed by atoms with Gasteiger partial charge in [0.15, 0.2) is 0 Å². The fraction of sp³-hybridized carbons (Fsp3) is 0.917. The van der Waals surface area contributed by atoms with E-state index in [0.717, 1.165) is 12.8 Å². The summed E-state index contributed by atoms with van der Waals surface area (Å²) in [4.78, 5) is 0. The van der Waals surface area contributed by atoms with Crippen LogP contribution in [0.5, 0.6) is 0 Å². The standard InChI is InChI=1S/2C12H25.4Na/c2*1-3-5-7-9-11-12-10-8-6-4-2;;;;/h2*1,3-12H2,2H3;;;;/q2*-1;;;2*+1. The molecule has 4 heteroatoms. The maximum absolute atomic E-state index is 3.84. The summed E-state index contributed by atoms with van der Waals surface area (Å²) in [7, 11) is 0. The Morgan fingerprint density at radius 1 is 0.357 bits per heavy atom. The van der Waals surface area contributed by atoms with E-state index in [0.29, 0.717) is 0 Å². The topological polar surface area (TPSA) is 0 Å². The van der Waals surface area contributed by atoms with Crippen molar-refractivity contribution in [1.82, 2.24) is 0 Å². The van der Waals surface area contributed by atoms with Gasteiger partial charge in [0.1, 0.15) is 0 Å². The van der Waals surface area contributed by atoms with Gasteiger partial charge in [-0.2, -0.15) is 12.8 Å². The molecule has 0 aliphatic rings. The van der Waals surface area contributed by atoms with Crippen molar-refractivity contribution in [1.29, 1.82) is 0 Å². The van der Waals surface area contributed by atoms with Gasteiger partial charge in [0.05, 0.1) is 0 Å². The van der Waals surface area contributed by atoms with Crippen molar-refractivity contribution in [3.05, 3.63) is 13.8 Å². The number of hydrogen-bond acceptors (Lipinski definition) is 0. The van der Waals surface area contributed by atoms with Crippen molar-refractivity contribution in [3.63, 3.8) is 0 Å². The van der Waals surface area contributed by atoms with Crippen molar-refractivity contribution in [2.75, 3.05) is 0 Å². The largest absolute Gasteiger partial charge is 1.00 e. The first-order chi connectivity index (χ1) is 11.8. The zero-order valence-electron chi connectivity index (χ0n) is 21.6. The minimum absolute atomic E-state index is 0. The SMILES string of the molecule is [CH2-]CCCCCCCCCCC.[CH2-]CCCCCCCCCCC.[Na+].[Na+].[Na].[Na].